The molecule has 7 heteroatoms. The lowest BCUT2D eigenvalue weighted by molar-refractivity contribution is 0.0505. The number of ether oxygens (including phenoxy) is 1. The molecule has 1 aromatic heterocycles. The van der Waals surface area contributed by atoms with Crippen molar-refractivity contribution in [3.8, 4) is 0 Å². The monoisotopic (exact) mass is 361 g/mol. The Hall–Kier alpha value is -2.28. The second-order valence-electron chi connectivity index (χ2n) is 5.78. The van der Waals surface area contributed by atoms with E-state index in [0.29, 0.717) is 29.1 Å². The Labute approximate surface area is 151 Å². The van der Waals surface area contributed by atoms with E-state index in [1.165, 1.54) is 6.07 Å². The average molecular weight is 361 g/mol. The summed E-state index contributed by atoms with van der Waals surface area (Å²) in [4.78, 5) is 30.7. The van der Waals surface area contributed by atoms with Crippen LogP contribution in [0.25, 0.3) is 0 Å². The molecule has 0 saturated heterocycles. The summed E-state index contributed by atoms with van der Waals surface area (Å²) < 4.78 is 5.09. The highest BCUT2D eigenvalue weighted by molar-refractivity contribution is 7.99. The fourth-order valence-corrected chi connectivity index (χ4v) is 2.65. The quantitative estimate of drug-likeness (QED) is 0.697. The Morgan fingerprint density at radius 2 is 2.04 bits per heavy atom. The highest BCUT2D eigenvalue weighted by Crippen LogP contribution is 2.17. The van der Waals surface area contributed by atoms with Crippen molar-refractivity contribution >= 4 is 29.4 Å². The number of nitrogens with zero attached hydrogens (tertiary/aromatic N) is 1. The van der Waals surface area contributed by atoms with Gasteiger partial charge in [-0.3, -0.25) is 9.78 Å². The molecule has 2 aromatic rings. The molecule has 0 unspecified atom stereocenters. The van der Waals surface area contributed by atoms with Gasteiger partial charge in [-0.15, -0.1) is 0 Å². The largest absolute Gasteiger partial charge is 0.462 e. The van der Waals surface area contributed by atoms with Crippen molar-refractivity contribution < 1.29 is 9.53 Å². The second-order valence-corrected chi connectivity index (χ2v) is 7.35. The molecule has 0 aliphatic rings. The van der Waals surface area contributed by atoms with Gasteiger partial charge in [-0.25, -0.2) is 9.78 Å². The first-order chi connectivity index (χ1) is 12.0. The van der Waals surface area contributed by atoms with Crippen molar-refractivity contribution in [2.75, 3.05) is 11.9 Å². The van der Waals surface area contributed by atoms with Crippen molar-refractivity contribution in [3.05, 3.63) is 51.9 Å². The summed E-state index contributed by atoms with van der Waals surface area (Å²) in [6, 6.07) is 8.36. The molecule has 134 valence electrons. The number of hydrogen-bond acceptors (Lipinski definition) is 6. The maximum Gasteiger partial charge on any atom is 0.338 e. The molecule has 0 saturated carbocycles. The number of rotatable bonds is 8. The molecule has 1 heterocycles. The number of nitrogens with one attached hydrogen (secondary N) is 2. The van der Waals surface area contributed by atoms with E-state index >= 15 is 0 Å². The van der Waals surface area contributed by atoms with E-state index in [-0.39, 0.29) is 11.5 Å². The van der Waals surface area contributed by atoms with Crippen LogP contribution in [-0.2, 0) is 10.5 Å². The van der Waals surface area contributed by atoms with Gasteiger partial charge in [-0.05, 0) is 35.9 Å². The normalized spacial score (nSPS) is 10.7. The first-order valence-electron chi connectivity index (χ1n) is 8.24. The van der Waals surface area contributed by atoms with E-state index < -0.39 is 0 Å². The zero-order valence-electron chi connectivity index (χ0n) is 14.7. The standard InChI is InChI=1S/C18H23N3O3S/c1-4-9-24-17(23)13-5-7-14(8-6-13)19-18-20-15(10-16(22)21-18)11-25-12(2)3/h5-8,10,12H,4,9,11H2,1-3H3,(H2,19,20,21,22). The summed E-state index contributed by atoms with van der Waals surface area (Å²) >= 11 is 1.73. The predicted molar refractivity (Wildman–Crippen MR) is 102 cm³/mol. The van der Waals surface area contributed by atoms with Gasteiger partial charge in [0.2, 0.25) is 5.95 Å². The van der Waals surface area contributed by atoms with Crippen molar-refractivity contribution in [1.82, 2.24) is 9.97 Å². The molecule has 0 spiro atoms. The zero-order chi connectivity index (χ0) is 18.2. The SMILES string of the molecule is CCCOC(=O)c1ccc(Nc2nc(CSC(C)C)cc(=O)[nH]2)cc1. The van der Waals surface area contributed by atoms with Gasteiger partial charge in [0.05, 0.1) is 17.9 Å². The molecule has 2 rings (SSSR count). The fourth-order valence-electron chi connectivity index (χ4n) is 2.00. The van der Waals surface area contributed by atoms with Crippen LogP contribution in [0.3, 0.4) is 0 Å². The van der Waals surface area contributed by atoms with E-state index in [0.717, 1.165) is 17.8 Å². The Balaban J connectivity index is 2.06. The molecule has 0 aliphatic carbocycles. The number of thioether (sulfide) groups is 1. The number of esters is 1. The van der Waals surface area contributed by atoms with Crippen LogP contribution in [0.2, 0.25) is 0 Å². The molecule has 0 amide bonds. The van der Waals surface area contributed by atoms with Crippen molar-refractivity contribution in [1.29, 1.82) is 0 Å². The van der Waals surface area contributed by atoms with Gasteiger partial charge in [-0.1, -0.05) is 20.8 Å². The fraction of sp³-hybridized carbons (Fsp3) is 0.389. The van der Waals surface area contributed by atoms with Crippen molar-refractivity contribution in [2.24, 2.45) is 0 Å². The number of aromatic amines is 1. The second kappa shape index (κ2) is 9.27. The number of carbonyl (C=O) groups is 1. The van der Waals surface area contributed by atoms with Crippen LogP contribution in [0, 0.1) is 0 Å². The Kier molecular flexibility index (Phi) is 7.06. The Morgan fingerprint density at radius 1 is 1.32 bits per heavy atom. The molecule has 25 heavy (non-hydrogen) atoms. The highest BCUT2D eigenvalue weighted by atomic mass is 32.2. The molecular weight excluding hydrogens is 338 g/mol. The predicted octanol–water partition coefficient (Wildman–Crippen LogP) is 3.72. The summed E-state index contributed by atoms with van der Waals surface area (Å²) in [7, 11) is 0. The maximum absolute atomic E-state index is 11.8. The summed E-state index contributed by atoms with van der Waals surface area (Å²) in [6.45, 7) is 6.56. The van der Waals surface area contributed by atoms with Crippen molar-refractivity contribution in [3.63, 3.8) is 0 Å². The molecule has 0 aliphatic heterocycles. The Bertz CT molecular complexity index is 757. The van der Waals surface area contributed by atoms with Gasteiger partial charge >= 0.3 is 5.97 Å². The lowest BCUT2D eigenvalue weighted by atomic mass is 10.2. The van der Waals surface area contributed by atoms with Gasteiger partial charge in [0.25, 0.3) is 5.56 Å². The van der Waals surface area contributed by atoms with Crippen LogP contribution < -0.4 is 10.9 Å². The lowest BCUT2D eigenvalue weighted by Gasteiger charge is -2.09. The first-order valence-corrected chi connectivity index (χ1v) is 9.29. The van der Waals surface area contributed by atoms with E-state index in [1.54, 1.807) is 36.0 Å². The number of benzene rings is 1. The van der Waals surface area contributed by atoms with Crippen LogP contribution in [-0.4, -0.2) is 27.8 Å². The molecule has 0 bridgehead atoms. The summed E-state index contributed by atoms with van der Waals surface area (Å²) in [6.07, 6.45) is 0.788. The summed E-state index contributed by atoms with van der Waals surface area (Å²) in [5, 5.41) is 3.52. The van der Waals surface area contributed by atoms with E-state index in [9.17, 15) is 9.59 Å². The molecule has 0 fully saturated rings. The number of H-pyrrole nitrogens is 1. The van der Waals surface area contributed by atoms with E-state index in [2.05, 4.69) is 29.1 Å². The third-order valence-electron chi connectivity index (χ3n) is 3.18. The molecular formula is C18H23N3O3S. The minimum Gasteiger partial charge on any atom is -0.462 e. The third-order valence-corrected chi connectivity index (χ3v) is 4.31. The minimum absolute atomic E-state index is 0.198. The molecule has 0 radical (unpaired) electrons. The lowest BCUT2D eigenvalue weighted by Crippen LogP contribution is -2.12. The average Bonchev–Trinajstić information content (AvgIpc) is 2.58. The number of anilines is 2. The molecule has 2 N–H and O–H groups in total. The zero-order valence-corrected chi connectivity index (χ0v) is 15.5. The first kappa shape index (κ1) is 19.1. The van der Waals surface area contributed by atoms with Crippen LogP contribution in [0.1, 0.15) is 43.2 Å². The van der Waals surface area contributed by atoms with Gasteiger partial charge in [0, 0.05) is 17.5 Å². The minimum atomic E-state index is -0.340. The molecule has 1 aromatic carbocycles. The number of hydrogen-bond donors (Lipinski definition) is 2. The smallest absolute Gasteiger partial charge is 0.338 e. The highest BCUT2D eigenvalue weighted by Gasteiger charge is 2.07. The van der Waals surface area contributed by atoms with Crippen molar-refractivity contribution in [2.45, 2.75) is 38.2 Å². The van der Waals surface area contributed by atoms with Gasteiger partial charge in [0.1, 0.15) is 0 Å². The van der Waals surface area contributed by atoms with Crippen LogP contribution in [0.15, 0.2) is 35.1 Å². The number of aromatic nitrogens is 2. The maximum atomic E-state index is 11.8. The molecule has 6 nitrogen and oxygen atoms in total. The Morgan fingerprint density at radius 3 is 2.68 bits per heavy atom. The van der Waals surface area contributed by atoms with Crippen LogP contribution in [0.4, 0.5) is 11.6 Å². The molecule has 0 atom stereocenters. The number of carbonyl (C=O) groups excluding carboxylic acids is 1. The topological polar surface area (TPSA) is 84.1 Å². The van der Waals surface area contributed by atoms with Gasteiger partial charge in [-0.2, -0.15) is 11.8 Å². The van der Waals surface area contributed by atoms with Crippen LogP contribution in [0.5, 0.6) is 0 Å². The summed E-state index contributed by atoms with van der Waals surface area (Å²) in [5.74, 6) is 0.721. The van der Waals surface area contributed by atoms with E-state index in [4.69, 9.17) is 4.74 Å². The van der Waals surface area contributed by atoms with Gasteiger partial charge in [0.15, 0.2) is 0 Å². The third kappa shape index (κ3) is 6.26. The summed E-state index contributed by atoms with van der Waals surface area (Å²) in [5.41, 5.74) is 1.74. The van der Waals surface area contributed by atoms with Crippen LogP contribution >= 0.6 is 11.8 Å². The van der Waals surface area contributed by atoms with E-state index in [1.807, 2.05) is 6.92 Å². The van der Waals surface area contributed by atoms with Gasteiger partial charge < -0.3 is 10.1 Å².